The van der Waals surface area contributed by atoms with Crippen LogP contribution in [0.15, 0.2) is 30.3 Å². The highest BCUT2D eigenvalue weighted by molar-refractivity contribution is 6.37. The number of amides is 1. The van der Waals surface area contributed by atoms with E-state index < -0.39 is 35.9 Å². The fourth-order valence-corrected chi connectivity index (χ4v) is 2.67. The number of nitrogen functional groups attached to an aromatic ring is 1. The maximum atomic E-state index is 13.0. The Morgan fingerprint density at radius 1 is 1.07 bits per heavy atom. The van der Waals surface area contributed by atoms with Gasteiger partial charge >= 0.3 is 12.1 Å². The first-order valence-electron chi connectivity index (χ1n) is 7.07. The van der Waals surface area contributed by atoms with Gasteiger partial charge < -0.3 is 15.8 Å². The van der Waals surface area contributed by atoms with Gasteiger partial charge in [-0.25, -0.2) is 4.79 Å². The van der Waals surface area contributed by atoms with Crippen LogP contribution in [0.5, 0.6) is 0 Å². The van der Waals surface area contributed by atoms with Crippen LogP contribution >= 0.6 is 34.8 Å². The lowest BCUT2D eigenvalue weighted by molar-refractivity contribution is -0.137. The molecule has 0 unspecified atom stereocenters. The first-order valence-corrected chi connectivity index (χ1v) is 8.20. The Labute approximate surface area is 166 Å². The molecule has 0 bridgehead atoms. The fourth-order valence-electron chi connectivity index (χ4n) is 2.01. The molecule has 2 rings (SSSR count). The summed E-state index contributed by atoms with van der Waals surface area (Å²) in [6, 6.07) is 5.32. The summed E-state index contributed by atoms with van der Waals surface area (Å²) in [5.74, 6) is -2.01. The van der Waals surface area contributed by atoms with Gasteiger partial charge in [0.05, 0.1) is 27.5 Å². The molecule has 0 aromatic heterocycles. The molecule has 2 aromatic rings. The lowest BCUT2D eigenvalue weighted by Gasteiger charge is -2.14. The Bertz CT molecular complexity index is 904. The average molecular weight is 442 g/mol. The highest BCUT2D eigenvalue weighted by Gasteiger charge is 2.34. The third-order valence-corrected chi connectivity index (χ3v) is 3.98. The number of rotatable bonds is 4. The van der Waals surface area contributed by atoms with Crippen LogP contribution in [0.2, 0.25) is 15.1 Å². The van der Waals surface area contributed by atoms with E-state index in [9.17, 15) is 22.8 Å². The fraction of sp³-hybridized carbons (Fsp3) is 0.125. The molecule has 144 valence electrons. The molecule has 0 heterocycles. The number of benzene rings is 2. The van der Waals surface area contributed by atoms with Crippen LogP contribution in [0, 0.1) is 0 Å². The second-order valence-corrected chi connectivity index (χ2v) is 6.44. The molecular formula is C16H10Cl3F3N2O3. The van der Waals surface area contributed by atoms with Crippen molar-refractivity contribution in [1.29, 1.82) is 0 Å². The zero-order valence-electron chi connectivity index (χ0n) is 13.2. The number of nitrogens with one attached hydrogen (secondary N) is 1. The molecule has 11 heteroatoms. The molecule has 0 aliphatic carbocycles. The van der Waals surface area contributed by atoms with Crippen LogP contribution in [0.4, 0.5) is 24.5 Å². The minimum Gasteiger partial charge on any atom is -0.452 e. The second-order valence-electron chi connectivity index (χ2n) is 5.16. The molecule has 0 saturated heterocycles. The van der Waals surface area contributed by atoms with Crippen molar-refractivity contribution in [3.8, 4) is 0 Å². The largest absolute Gasteiger partial charge is 0.452 e. The zero-order valence-corrected chi connectivity index (χ0v) is 15.4. The molecule has 0 atom stereocenters. The van der Waals surface area contributed by atoms with Crippen LogP contribution in [0.25, 0.3) is 0 Å². The summed E-state index contributed by atoms with van der Waals surface area (Å²) in [4.78, 5) is 23.9. The normalized spacial score (nSPS) is 11.2. The van der Waals surface area contributed by atoms with Crippen molar-refractivity contribution in [3.05, 3.63) is 56.5 Å². The van der Waals surface area contributed by atoms with Crippen molar-refractivity contribution in [2.45, 2.75) is 6.18 Å². The first kappa shape index (κ1) is 21.1. The first-order chi connectivity index (χ1) is 12.5. The predicted octanol–water partition coefficient (Wildman–Crippen LogP) is 5.04. The summed E-state index contributed by atoms with van der Waals surface area (Å²) in [6.45, 7) is -0.859. The van der Waals surface area contributed by atoms with E-state index in [1.807, 2.05) is 5.32 Å². The number of anilines is 2. The minimum atomic E-state index is -4.74. The highest BCUT2D eigenvalue weighted by atomic mass is 35.5. The number of nitrogens with two attached hydrogens (primary N) is 1. The average Bonchev–Trinajstić information content (AvgIpc) is 2.56. The quantitative estimate of drug-likeness (QED) is 0.514. The monoisotopic (exact) mass is 440 g/mol. The molecular weight excluding hydrogens is 432 g/mol. The van der Waals surface area contributed by atoms with Crippen LogP contribution in [-0.2, 0) is 15.7 Å². The Kier molecular flexibility index (Phi) is 6.46. The lowest BCUT2D eigenvalue weighted by atomic mass is 10.1. The van der Waals surface area contributed by atoms with Crippen molar-refractivity contribution < 1.29 is 27.5 Å². The molecule has 3 N–H and O–H groups in total. The van der Waals surface area contributed by atoms with E-state index in [0.29, 0.717) is 6.07 Å². The molecule has 0 saturated carbocycles. The minimum absolute atomic E-state index is 0.00915. The molecule has 0 radical (unpaired) electrons. The number of hydrogen-bond acceptors (Lipinski definition) is 4. The number of hydrogen-bond donors (Lipinski definition) is 2. The summed E-state index contributed by atoms with van der Waals surface area (Å²) in [7, 11) is 0. The van der Waals surface area contributed by atoms with Gasteiger partial charge in [0, 0.05) is 10.0 Å². The second kappa shape index (κ2) is 8.24. The van der Waals surface area contributed by atoms with Gasteiger partial charge in [-0.15, -0.1) is 0 Å². The Morgan fingerprint density at radius 3 is 2.37 bits per heavy atom. The van der Waals surface area contributed by atoms with Gasteiger partial charge in [-0.3, -0.25) is 4.79 Å². The molecule has 0 spiro atoms. The van der Waals surface area contributed by atoms with Crippen molar-refractivity contribution in [3.63, 3.8) is 0 Å². The van der Waals surface area contributed by atoms with Crippen molar-refractivity contribution >= 4 is 58.1 Å². The summed E-state index contributed by atoms with van der Waals surface area (Å²) < 4.78 is 43.7. The lowest BCUT2D eigenvalue weighted by Crippen LogP contribution is -2.23. The third-order valence-electron chi connectivity index (χ3n) is 3.21. The van der Waals surface area contributed by atoms with E-state index in [0.717, 1.165) is 6.07 Å². The zero-order chi connectivity index (χ0) is 20.4. The van der Waals surface area contributed by atoms with Gasteiger partial charge in [0.1, 0.15) is 0 Å². The van der Waals surface area contributed by atoms with Gasteiger partial charge in [-0.05, 0) is 30.3 Å². The molecule has 0 aliphatic rings. The number of carbonyl (C=O) groups excluding carboxylic acids is 2. The van der Waals surface area contributed by atoms with Gasteiger partial charge in [0.2, 0.25) is 0 Å². The number of halogens is 6. The molecule has 0 fully saturated rings. The van der Waals surface area contributed by atoms with Crippen molar-refractivity contribution in [2.75, 3.05) is 17.7 Å². The van der Waals surface area contributed by atoms with Gasteiger partial charge in [-0.2, -0.15) is 13.2 Å². The summed E-state index contributed by atoms with van der Waals surface area (Å²) in [6.07, 6.45) is -4.74. The summed E-state index contributed by atoms with van der Waals surface area (Å²) in [5.41, 5.74) is 3.68. The topological polar surface area (TPSA) is 81.4 Å². The van der Waals surface area contributed by atoms with E-state index in [4.69, 9.17) is 45.3 Å². The van der Waals surface area contributed by atoms with Crippen LogP contribution < -0.4 is 11.1 Å². The highest BCUT2D eigenvalue weighted by Crippen LogP contribution is 2.36. The summed E-state index contributed by atoms with van der Waals surface area (Å²) >= 11 is 17.1. The summed E-state index contributed by atoms with van der Waals surface area (Å²) in [5, 5.41) is 1.98. The maximum absolute atomic E-state index is 13.0. The van der Waals surface area contributed by atoms with Crippen LogP contribution in [0.3, 0.4) is 0 Å². The number of esters is 1. The van der Waals surface area contributed by atoms with Crippen molar-refractivity contribution in [1.82, 2.24) is 0 Å². The van der Waals surface area contributed by atoms with E-state index in [2.05, 4.69) is 0 Å². The number of ether oxygens (including phenoxy) is 1. The third kappa shape index (κ3) is 5.41. The molecule has 0 aliphatic heterocycles. The molecule has 5 nitrogen and oxygen atoms in total. The van der Waals surface area contributed by atoms with Gasteiger partial charge in [-0.1, -0.05) is 34.8 Å². The molecule has 1 amide bonds. The van der Waals surface area contributed by atoms with Gasteiger partial charge in [0.15, 0.2) is 6.61 Å². The number of alkyl halides is 3. The van der Waals surface area contributed by atoms with E-state index in [1.165, 1.54) is 18.2 Å². The Hall–Kier alpha value is -2.16. The molecule has 27 heavy (non-hydrogen) atoms. The Morgan fingerprint density at radius 2 is 1.74 bits per heavy atom. The molecule has 2 aromatic carbocycles. The van der Waals surface area contributed by atoms with E-state index in [1.54, 1.807) is 0 Å². The Balaban J connectivity index is 2.09. The van der Waals surface area contributed by atoms with Crippen LogP contribution in [0.1, 0.15) is 15.9 Å². The standard InChI is InChI=1S/C16H10Cl3F3N2O3/c17-7-1-2-12(10(4-7)16(20,21)22)24-13(25)6-27-15(26)9-3-8(18)5-11(19)14(9)23/h1-5H,6,23H2,(H,24,25). The van der Waals surface area contributed by atoms with E-state index in [-0.39, 0.29) is 26.3 Å². The van der Waals surface area contributed by atoms with Gasteiger partial charge in [0.25, 0.3) is 5.91 Å². The van der Waals surface area contributed by atoms with E-state index >= 15 is 0 Å². The predicted molar refractivity (Wildman–Crippen MR) is 96.2 cm³/mol. The van der Waals surface area contributed by atoms with Crippen molar-refractivity contribution in [2.24, 2.45) is 0 Å². The number of carbonyl (C=O) groups is 2. The maximum Gasteiger partial charge on any atom is 0.418 e. The van der Waals surface area contributed by atoms with Crippen LogP contribution in [-0.4, -0.2) is 18.5 Å². The SMILES string of the molecule is Nc1c(Cl)cc(Cl)cc1C(=O)OCC(=O)Nc1ccc(Cl)cc1C(F)(F)F. The smallest absolute Gasteiger partial charge is 0.418 e.